The van der Waals surface area contributed by atoms with Crippen molar-refractivity contribution < 1.29 is 0 Å². The highest BCUT2D eigenvalue weighted by molar-refractivity contribution is 4.94. The molecule has 0 saturated heterocycles. The fraction of sp³-hybridized carbons (Fsp3) is 1.00. The zero-order chi connectivity index (χ0) is 10.9. The quantitative estimate of drug-likeness (QED) is 0.675. The van der Waals surface area contributed by atoms with Gasteiger partial charge in [0, 0.05) is 12.1 Å². The number of hydrogen-bond acceptors (Lipinski definition) is 2. The van der Waals surface area contributed by atoms with Crippen molar-refractivity contribution in [2.75, 3.05) is 13.1 Å². The maximum atomic E-state index is 5.82. The molecule has 2 fully saturated rings. The van der Waals surface area contributed by atoms with E-state index in [1.807, 2.05) is 0 Å². The average molecular weight is 210 g/mol. The summed E-state index contributed by atoms with van der Waals surface area (Å²) in [6.07, 6.45) is 7.05. The third kappa shape index (κ3) is 2.94. The normalized spacial score (nSPS) is 25.6. The van der Waals surface area contributed by atoms with Gasteiger partial charge in [-0.2, -0.15) is 0 Å². The molecule has 0 heterocycles. The van der Waals surface area contributed by atoms with Crippen molar-refractivity contribution in [3.8, 4) is 0 Å². The van der Waals surface area contributed by atoms with Gasteiger partial charge in [-0.25, -0.2) is 0 Å². The van der Waals surface area contributed by atoms with Gasteiger partial charge >= 0.3 is 0 Å². The molecule has 2 nitrogen and oxygen atoms in total. The van der Waals surface area contributed by atoms with E-state index in [0.717, 1.165) is 30.7 Å². The van der Waals surface area contributed by atoms with Crippen molar-refractivity contribution in [2.45, 2.75) is 51.5 Å². The van der Waals surface area contributed by atoms with Crippen LogP contribution in [-0.4, -0.2) is 18.6 Å². The lowest BCUT2D eigenvalue weighted by Crippen LogP contribution is -2.50. The number of nitrogens with two attached hydrogens (primary N) is 1. The van der Waals surface area contributed by atoms with E-state index in [1.165, 1.54) is 32.2 Å². The first kappa shape index (κ1) is 11.4. The van der Waals surface area contributed by atoms with Gasteiger partial charge in [0.2, 0.25) is 0 Å². The Kier molecular flexibility index (Phi) is 3.36. The number of rotatable bonds is 7. The lowest BCUT2D eigenvalue weighted by Gasteiger charge is -2.30. The van der Waals surface area contributed by atoms with Crippen LogP contribution in [-0.2, 0) is 0 Å². The van der Waals surface area contributed by atoms with E-state index in [9.17, 15) is 0 Å². The highest BCUT2D eigenvalue weighted by Gasteiger charge is 2.41. The summed E-state index contributed by atoms with van der Waals surface area (Å²) >= 11 is 0. The first-order chi connectivity index (χ1) is 7.18. The van der Waals surface area contributed by atoms with Gasteiger partial charge in [0.1, 0.15) is 0 Å². The van der Waals surface area contributed by atoms with E-state index in [2.05, 4.69) is 19.2 Å². The Balaban J connectivity index is 1.79. The third-order valence-corrected chi connectivity index (χ3v) is 4.45. The Morgan fingerprint density at radius 1 is 1.27 bits per heavy atom. The van der Waals surface area contributed by atoms with Crippen molar-refractivity contribution in [1.29, 1.82) is 0 Å². The Morgan fingerprint density at radius 3 is 2.13 bits per heavy atom. The summed E-state index contributed by atoms with van der Waals surface area (Å²) in [7, 11) is 0. The van der Waals surface area contributed by atoms with Crippen LogP contribution in [0.3, 0.4) is 0 Å². The molecular weight excluding hydrogens is 184 g/mol. The molecule has 0 spiro atoms. The monoisotopic (exact) mass is 210 g/mol. The van der Waals surface area contributed by atoms with Crippen molar-refractivity contribution in [2.24, 2.45) is 23.5 Å². The zero-order valence-corrected chi connectivity index (χ0v) is 10.3. The summed E-state index contributed by atoms with van der Waals surface area (Å²) in [4.78, 5) is 0. The predicted octanol–water partition coefficient (Wildman–Crippen LogP) is 2.14. The fourth-order valence-electron chi connectivity index (χ4n) is 2.47. The molecule has 0 radical (unpaired) electrons. The Bertz CT molecular complexity index is 191. The SMILES string of the molecule is CCC(C)(CN)NCC(C1CC1)C1CC1. The van der Waals surface area contributed by atoms with Crippen LogP contribution in [0.2, 0.25) is 0 Å². The molecule has 0 aromatic carbocycles. The van der Waals surface area contributed by atoms with Crippen LogP contribution >= 0.6 is 0 Å². The van der Waals surface area contributed by atoms with Crippen LogP contribution in [0.5, 0.6) is 0 Å². The van der Waals surface area contributed by atoms with E-state index in [1.54, 1.807) is 0 Å². The summed E-state index contributed by atoms with van der Waals surface area (Å²) < 4.78 is 0. The summed E-state index contributed by atoms with van der Waals surface area (Å²) in [6.45, 7) is 6.44. The van der Waals surface area contributed by atoms with Crippen LogP contribution in [0.4, 0.5) is 0 Å². The molecule has 3 N–H and O–H groups in total. The highest BCUT2D eigenvalue weighted by atomic mass is 15.0. The molecule has 1 atom stereocenters. The molecule has 0 amide bonds. The standard InChI is InChI=1S/C13H26N2/c1-3-13(2,9-14)15-8-12(10-4-5-10)11-6-7-11/h10-12,15H,3-9,14H2,1-2H3. The largest absolute Gasteiger partial charge is 0.329 e. The summed E-state index contributed by atoms with van der Waals surface area (Å²) in [5.74, 6) is 3.05. The molecule has 1 unspecified atom stereocenters. The molecule has 0 bridgehead atoms. The van der Waals surface area contributed by atoms with Gasteiger partial charge in [0.25, 0.3) is 0 Å². The van der Waals surface area contributed by atoms with Gasteiger partial charge in [0.15, 0.2) is 0 Å². The van der Waals surface area contributed by atoms with Crippen LogP contribution < -0.4 is 11.1 Å². The van der Waals surface area contributed by atoms with Gasteiger partial charge in [-0.3, -0.25) is 0 Å². The lowest BCUT2D eigenvalue weighted by molar-refractivity contribution is 0.289. The van der Waals surface area contributed by atoms with E-state index in [4.69, 9.17) is 5.73 Å². The molecule has 0 aromatic heterocycles. The maximum absolute atomic E-state index is 5.82. The number of hydrogen-bond donors (Lipinski definition) is 2. The second kappa shape index (κ2) is 4.42. The van der Waals surface area contributed by atoms with Gasteiger partial charge < -0.3 is 11.1 Å². The second-order valence-electron chi connectivity index (χ2n) is 5.84. The van der Waals surface area contributed by atoms with Crippen LogP contribution in [0, 0.1) is 17.8 Å². The first-order valence-electron chi connectivity index (χ1n) is 6.63. The van der Waals surface area contributed by atoms with Crippen molar-refractivity contribution in [3.05, 3.63) is 0 Å². The average Bonchev–Trinajstić information content (AvgIpc) is 3.10. The summed E-state index contributed by atoms with van der Waals surface area (Å²) in [6, 6.07) is 0. The minimum Gasteiger partial charge on any atom is -0.329 e. The van der Waals surface area contributed by atoms with E-state index in [-0.39, 0.29) is 5.54 Å². The summed E-state index contributed by atoms with van der Waals surface area (Å²) in [5.41, 5.74) is 5.99. The van der Waals surface area contributed by atoms with E-state index >= 15 is 0 Å². The topological polar surface area (TPSA) is 38.0 Å². The van der Waals surface area contributed by atoms with Crippen LogP contribution in [0.25, 0.3) is 0 Å². The first-order valence-corrected chi connectivity index (χ1v) is 6.63. The molecule has 15 heavy (non-hydrogen) atoms. The lowest BCUT2D eigenvalue weighted by atomic mass is 9.94. The maximum Gasteiger partial charge on any atom is 0.0273 e. The molecule has 2 heteroatoms. The van der Waals surface area contributed by atoms with Crippen molar-refractivity contribution in [3.63, 3.8) is 0 Å². The minimum absolute atomic E-state index is 0.169. The zero-order valence-electron chi connectivity index (χ0n) is 10.3. The van der Waals surface area contributed by atoms with Crippen LogP contribution in [0.1, 0.15) is 46.0 Å². The summed E-state index contributed by atoms with van der Waals surface area (Å²) in [5, 5.41) is 3.71. The van der Waals surface area contributed by atoms with E-state index in [0.29, 0.717) is 0 Å². The molecular formula is C13H26N2. The highest BCUT2D eigenvalue weighted by Crippen LogP contribution is 2.48. The molecule has 0 aliphatic heterocycles. The van der Waals surface area contributed by atoms with Gasteiger partial charge in [-0.1, -0.05) is 6.92 Å². The second-order valence-corrected chi connectivity index (χ2v) is 5.84. The van der Waals surface area contributed by atoms with E-state index < -0.39 is 0 Å². The molecule has 2 rings (SSSR count). The number of nitrogens with one attached hydrogen (secondary N) is 1. The Morgan fingerprint density at radius 2 is 1.80 bits per heavy atom. The van der Waals surface area contributed by atoms with Gasteiger partial charge in [-0.05, 0) is 63.3 Å². The smallest absolute Gasteiger partial charge is 0.0273 e. The molecule has 0 aromatic rings. The molecule has 2 saturated carbocycles. The van der Waals surface area contributed by atoms with Crippen molar-refractivity contribution in [1.82, 2.24) is 5.32 Å². The molecule has 2 aliphatic rings. The fourth-order valence-corrected chi connectivity index (χ4v) is 2.47. The van der Waals surface area contributed by atoms with Crippen LogP contribution in [0.15, 0.2) is 0 Å². The Hall–Kier alpha value is -0.0800. The molecule has 88 valence electrons. The third-order valence-electron chi connectivity index (χ3n) is 4.45. The predicted molar refractivity (Wildman–Crippen MR) is 64.7 cm³/mol. The Labute approximate surface area is 94.0 Å². The van der Waals surface area contributed by atoms with Crippen molar-refractivity contribution >= 4 is 0 Å². The molecule has 2 aliphatic carbocycles. The van der Waals surface area contributed by atoms with Gasteiger partial charge in [-0.15, -0.1) is 0 Å². The minimum atomic E-state index is 0.169. The van der Waals surface area contributed by atoms with Gasteiger partial charge in [0.05, 0.1) is 0 Å².